The van der Waals surface area contributed by atoms with Crippen LogP contribution in [0.25, 0.3) is 11.1 Å². The van der Waals surface area contributed by atoms with Gasteiger partial charge in [-0.25, -0.2) is 0 Å². The normalized spacial score (nSPS) is 12.4. The average Bonchev–Trinajstić information content (AvgIpc) is 2.65. The van der Waals surface area contributed by atoms with Gasteiger partial charge in [0.05, 0.1) is 0 Å². The molecule has 0 nitrogen and oxygen atoms in total. The summed E-state index contributed by atoms with van der Waals surface area (Å²) in [6, 6.07) is 10.2. The van der Waals surface area contributed by atoms with E-state index in [2.05, 4.69) is 18.2 Å². The molecule has 0 fully saturated rings. The van der Waals surface area contributed by atoms with Gasteiger partial charge in [-0.1, -0.05) is 47.5 Å². The molecule has 0 atom stereocenters. The standard InChI is InChI=1S/C14H10Cl2/c1-8-5-6-10-9-3-2-4-13(15)11(9)7-12(10)14(8)16/h2-6H,7H2,1H3. The van der Waals surface area contributed by atoms with Crippen LogP contribution in [0.1, 0.15) is 16.7 Å². The van der Waals surface area contributed by atoms with E-state index in [0.29, 0.717) is 0 Å². The Labute approximate surface area is 105 Å². The fourth-order valence-corrected chi connectivity index (χ4v) is 2.80. The van der Waals surface area contributed by atoms with Gasteiger partial charge in [0.1, 0.15) is 0 Å². The van der Waals surface area contributed by atoms with Gasteiger partial charge in [0.15, 0.2) is 0 Å². The molecule has 0 aliphatic heterocycles. The molecule has 0 N–H and O–H groups in total. The highest BCUT2D eigenvalue weighted by Crippen LogP contribution is 2.43. The van der Waals surface area contributed by atoms with Gasteiger partial charge in [-0.3, -0.25) is 0 Å². The highest BCUT2D eigenvalue weighted by Gasteiger charge is 2.22. The molecule has 80 valence electrons. The molecule has 0 radical (unpaired) electrons. The van der Waals surface area contributed by atoms with E-state index in [9.17, 15) is 0 Å². The zero-order valence-corrected chi connectivity index (χ0v) is 10.4. The third kappa shape index (κ3) is 1.30. The minimum Gasteiger partial charge on any atom is -0.0840 e. The van der Waals surface area contributed by atoms with Crippen LogP contribution in [-0.4, -0.2) is 0 Å². The van der Waals surface area contributed by atoms with E-state index >= 15 is 0 Å². The van der Waals surface area contributed by atoms with Crippen LogP contribution in [0.3, 0.4) is 0 Å². The molecule has 1 aliphatic rings. The number of hydrogen-bond donors (Lipinski definition) is 0. The summed E-state index contributed by atoms with van der Waals surface area (Å²) in [7, 11) is 0. The quantitative estimate of drug-likeness (QED) is 0.533. The maximum Gasteiger partial charge on any atom is 0.0476 e. The fraction of sp³-hybridized carbons (Fsp3) is 0.143. The van der Waals surface area contributed by atoms with Crippen LogP contribution in [0.2, 0.25) is 10.0 Å². The number of halogens is 2. The monoisotopic (exact) mass is 248 g/mol. The molecule has 2 aromatic carbocycles. The van der Waals surface area contributed by atoms with Gasteiger partial charge in [0.2, 0.25) is 0 Å². The summed E-state index contributed by atoms with van der Waals surface area (Å²) < 4.78 is 0. The van der Waals surface area contributed by atoms with E-state index in [-0.39, 0.29) is 0 Å². The lowest BCUT2D eigenvalue weighted by Crippen LogP contribution is -1.85. The lowest BCUT2D eigenvalue weighted by atomic mass is 10.0. The zero-order chi connectivity index (χ0) is 11.3. The minimum atomic E-state index is 0.836. The van der Waals surface area contributed by atoms with Crippen molar-refractivity contribution in [3.8, 4) is 11.1 Å². The Hall–Kier alpha value is -0.980. The second kappa shape index (κ2) is 3.51. The van der Waals surface area contributed by atoms with Gasteiger partial charge in [-0.15, -0.1) is 0 Å². The topological polar surface area (TPSA) is 0 Å². The third-order valence-electron chi connectivity index (χ3n) is 3.20. The van der Waals surface area contributed by atoms with Crippen molar-refractivity contribution in [3.05, 3.63) is 57.1 Å². The number of fused-ring (bicyclic) bond motifs is 3. The Morgan fingerprint density at radius 2 is 1.69 bits per heavy atom. The van der Waals surface area contributed by atoms with E-state index in [0.717, 1.165) is 22.0 Å². The first-order valence-electron chi connectivity index (χ1n) is 5.24. The maximum atomic E-state index is 6.34. The van der Waals surface area contributed by atoms with Crippen molar-refractivity contribution in [1.29, 1.82) is 0 Å². The van der Waals surface area contributed by atoms with Crippen molar-refractivity contribution in [2.75, 3.05) is 0 Å². The van der Waals surface area contributed by atoms with Gasteiger partial charge in [-0.05, 0) is 40.8 Å². The summed E-state index contributed by atoms with van der Waals surface area (Å²) in [5.41, 5.74) is 6.00. The van der Waals surface area contributed by atoms with Gasteiger partial charge in [0.25, 0.3) is 0 Å². The van der Waals surface area contributed by atoms with E-state index in [1.165, 1.54) is 22.3 Å². The van der Waals surface area contributed by atoms with Crippen LogP contribution in [0.15, 0.2) is 30.3 Å². The molecule has 0 aromatic heterocycles. The summed E-state index contributed by atoms with van der Waals surface area (Å²) >= 11 is 12.5. The number of benzene rings is 2. The van der Waals surface area contributed by atoms with E-state index in [4.69, 9.17) is 23.2 Å². The minimum absolute atomic E-state index is 0.836. The lowest BCUT2D eigenvalue weighted by Gasteiger charge is -2.05. The second-order valence-corrected chi connectivity index (χ2v) is 4.95. The Balaban J connectivity index is 2.32. The van der Waals surface area contributed by atoms with E-state index < -0.39 is 0 Å². The van der Waals surface area contributed by atoms with Crippen molar-refractivity contribution in [2.24, 2.45) is 0 Å². The average molecular weight is 249 g/mol. The van der Waals surface area contributed by atoms with Crippen LogP contribution >= 0.6 is 23.2 Å². The molecule has 0 saturated heterocycles. The highest BCUT2D eigenvalue weighted by molar-refractivity contribution is 6.33. The van der Waals surface area contributed by atoms with Crippen LogP contribution in [0, 0.1) is 6.92 Å². The molecule has 0 bridgehead atoms. The number of rotatable bonds is 0. The molecule has 0 spiro atoms. The number of aryl methyl sites for hydroxylation is 1. The highest BCUT2D eigenvalue weighted by atomic mass is 35.5. The molecule has 1 aliphatic carbocycles. The van der Waals surface area contributed by atoms with Crippen LogP contribution < -0.4 is 0 Å². The smallest absolute Gasteiger partial charge is 0.0476 e. The molecular formula is C14H10Cl2. The first kappa shape index (κ1) is 10.2. The van der Waals surface area contributed by atoms with Crippen LogP contribution in [0.5, 0.6) is 0 Å². The molecule has 2 aromatic rings. The Morgan fingerprint density at radius 3 is 2.50 bits per heavy atom. The van der Waals surface area contributed by atoms with E-state index in [1.54, 1.807) is 0 Å². The zero-order valence-electron chi connectivity index (χ0n) is 8.85. The Kier molecular flexibility index (Phi) is 2.24. The molecule has 3 rings (SSSR count). The predicted molar refractivity (Wildman–Crippen MR) is 69.4 cm³/mol. The van der Waals surface area contributed by atoms with Gasteiger partial charge >= 0.3 is 0 Å². The van der Waals surface area contributed by atoms with Gasteiger partial charge < -0.3 is 0 Å². The molecular weight excluding hydrogens is 239 g/mol. The maximum absolute atomic E-state index is 6.34. The number of hydrogen-bond acceptors (Lipinski definition) is 0. The summed E-state index contributed by atoms with van der Waals surface area (Å²) in [4.78, 5) is 0. The second-order valence-electron chi connectivity index (χ2n) is 4.17. The Morgan fingerprint density at radius 1 is 0.938 bits per heavy atom. The van der Waals surface area contributed by atoms with Crippen molar-refractivity contribution in [1.82, 2.24) is 0 Å². The van der Waals surface area contributed by atoms with Crippen LogP contribution in [-0.2, 0) is 6.42 Å². The first-order valence-corrected chi connectivity index (χ1v) is 6.00. The lowest BCUT2D eigenvalue weighted by molar-refractivity contribution is 1.25. The summed E-state index contributed by atoms with van der Waals surface area (Å²) in [6.45, 7) is 2.03. The van der Waals surface area contributed by atoms with Crippen molar-refractivity contribution in [3.63, 3.8) is 0 Å². The Bertz CT molecular complexity index is 586. The molecule has 2 heteroatoms. The predicted octanol–water partition coefficient (Wildman–Crippen LogP) is 4.87. The third-order valence-corrected chi connectivity index (χ3v) is 4.08. The fourth-order valence-electron chi connectivity index (χ4n) is 2.33. The van der Waals surface area contributed by atoms with E-state index in [1.807, 2.05) is 19.1 Å². The molecule has 0 saturated carbocycles. The van der Waals surface area contributed by atoms with Gasteiger partial charge in [0, 0.05) is 16.5 Å². The van der Waals surface area contributed by atoms with Crippen molar-refractivity contribution in [2.45, 2.75) is 13.3 Å². The van der Waals surface area contributed by atoms with Crippen molar-refractivity contribution >= 4 is 23.2 Å². The van der Waals surface area contributed by atoms with Gasteiger partial charge in [-0.2, -0.15) is 0 Å². The summed E-state index contributed by atoms with van der Waals surface area (Å²) in [5.74, 6) is 0. The largest absolute Gasteiger partial charge is 0.0840 e. The molecule has 16 heavy (non-hydrogen) atoms. The first-order chi connectivity index (χ1) is 7.68. The molecule has 0 unspecified atom stereocenters. The van der Waals surface area contributed by atoms with Crippen LogP contribution in [0.4, 0.5) is 0 Å². The molecule has 0 heterocycles. The summed E-state index contributed by atoms with van der Waals surface area (Å²) in [6.07, 6.45) is 0.852. The molecule has 0 amide bonds. The van der Waals surface area contributed by atoms with Crippen molar-refractivity contribution < 1.29 is 0 Å². The SMILES string of the molecule is Cc1ccc2c(c1Cl)Cc1c(Cl)cccc1-2. The summed E-state index contributed by atoms with van der Waals surface area (Å²) in [5, 5.41) is 1.71.